The maximum Gasteiger partial charge on any atom is 0.135 e. The third-order valence-electron chi connectivity index (χ3n) is 15.1. The minimum absolute atomic E-state index is 0. The fraction of sp³-hybridized carbons (Fsp3) is 0.167. The van der Waals surface area contributed by atoms with Crippen LogP contribution in [0.25, 0.3) is 93.2 Å². The van der Waals surface area contributed by atoms with Gasteiger partial charge in [0.15, 0.2) is 0 Å². The fourth-order valence-corrected chi connectivity index (χ4v) is 11.3. The van der Waals surface area contributed by atoms with Crippen molar-refractivity contribution in [3.8, 4) is 39.6 Å². The first kappa shape index (κ1) is 41.0. The van der Waals surface area contributed by atoms with Gasteiger partial charge in [-0.2, -0.15) is 12.1 Å². The van der Waals surface area contributed by atoms with Gasteiger partial charge in [-0.1, -0.05) is 213 Å². The number of ether oxygens (including phenoxy) is 1. The predicted molar refractivity (Wildman–Crippen MR) is 324 cm³/mol. The zero-order chi connectivity index (χ0) is 60.5. The predicted octanol–water partition coefficient (Wildman–Crippen LogP) is 19.5. The maximum atomic E-state index is 8.91. The van der Waals surface area contributed by atoms with Crippen LogP contribution in [-0.2, 0) is 37.3 Å². The number of benzene rings is 9. The van der Waals surface area contributed by atoms with Gasteiger partial charge in [0.1, 0.15) is 5.82 Å². The zero-order valence-corrected chi connectivity index (χ0v) is 46.4. The van der Waals surface area contributed by atoms with Crippen molar-refractivity contribution in [2.75, 3.05) is 4.90 Å². The van der Waals surface area contributed by atoms with Crippen molar-refractivity contribution in [2.24, 2.45) is 0 Å². The Hall–Kier alpha value is -8.11. The first-order valence-corrected chi connectivity index (χ1v) is 26.1. The molecule has 0 fully saturated rings. The Morgan fingerprint density at radius 3 is 1.83 bits per heavy atom. The molecule has 13 rings (SSSR count). The van der Waals surface area contributed by atoms with E-state index in [2.05, 4.69) is 132 Å². The molecule has 78 heavy (non-hydrogen) atoms. The van der Waals surface area contributed by atoms with Crippen LogP contribution in [0.5, 0.6) is 11.5 Å². The average Bonchev–Trinajstić information content (AvgIpc) is 0.970. The second kappa shape index (κ2) is 19.1. The number of nitrogens with zero attached hydrogens (tertiary/aromatic N) is 4. The second-order valence-electron chi connectivity index (χ2n) is 22.3. The Morgan fingerprint density at radius 1 is 0.487 bits per heavy atom. The molecule has 1 aliphatic rings. The molecular weight excluding hydrogens is 1130 g/mol. The van der Waals surface area contributed by atoms with Gasteiger partial charge in [0.25, 0.3) is 0 Å². The molecule has 6 heteroatoms. The topological polar surface area (TPSA) is 35.2 Å². The minimum Gasteiger partial charge on any atom is -0.509 e. The van der Waals surface area contributed by atoms with Gasteiger partial charge < -0.3 is 18.8 Å². The number of rotatable bonds is 6. The first-order valence-electron chi connectivity index (χ1n) is 30.6. The van der Waals surface area contributed by atoms with E-state index in [1.807, 2.05) is 131 Å². The summed E-state index contributed by atoms with van der Waals surface area (Å²) in [4.78, 5) is 6.97. The Bertz CT molecular complexity index is 4740. The van der Waals surface area contributed by atoms with Crippen LogP contribution in [-0.4, -0.2) is 14.1 Å². The van der Waals surface area contributed by atoms with Gasteiger partial charge in [-0.25, -0.2) is 4.98 Å². The average molecular weight is 1200 g/mol. The second-order valence-corrected chi connectivity index (χ2v) is 22.3. The Labute approximate surface area is 485 Å². The van der Waals surface area contributed by atoms with E-state index < -0.39 is 31.4 Å². The molecule has 5 nitrogen and oxygen atoms in total. The van der Waals surface area contributed by atoms with Gasteiger partial charge in [0.05, 0.1) is 0 Å². The van der Waals surface area contributed by atoms with Crippen LogP contribution in [0.4, 0.5) is 11.4 Å². The third kappa shape index (κ3) is 8.70. The summed E-state index contributed by atoms with van der Waals surface area (Å²) in [5, 5.41) is 7.66. The Balaban J connectivity index is 0.00000739. The number of hydrogen-bond acceptors (Lipinski definition) is 3. The largest absolute Gasteiger partial charge is 0.509 e. The van der Waals surface area contributed by atoms with E-state index in [-0.39, 0.29) is 32.0 Å². The first-order chi connectivity index (χ1) is 40.8. The number of hydrogen-bond donors (Lipinski definition) is 0. The molecule has 9 aromatic carbocycles. The Kier molecular flexibility index (Phi) is 10.1. The molecule has 0 saturated heterocycles. The van der Waals surface area contributed by atoms with E-state index in [1.54, 1.807) is 0 Å². The summed E-state index contributed by atoms with van der Waals surface area (Å²) in [6.45, 7) is 3.95. The zero-order valence-electron chi connectivity index (χ0n) is 53.1. The van der Waals surface area contributed by atoms with Crippen molar-refractivity contribution in [1.82, 2.24) is 14.1 Å². The summed E-state index contributed by atoms with van der Waals surface area (Å²) < 4.78 is 91.3. The smallest absolute Gasteiger partial charge is 0.135 e. The minimum atomic E-state index is -3.50. The van der Waals surface area contributed by atoms with Gasteiger partial charge >= 0.3 is 0 Å². The number of fused-ring (bicyclic) bond motifs is 10. The molecule has 12 aromatic rings. The molecule has 0 aliphatic carbocycles. The standard InChI is InChI=1S/C72H61N4O.Pt/c1-70(2,3)48-37-38-73-66(42-48)76-63-31-18-17-28-59(63)60-34-33-53(44-65(60)76)77-52-24-19-23-51(43-52)74-45-75-68-62(30-20-32-64(68)74)58-27-14-13-25-56(58)57-26-15-16-29-61(57)67-54(46-21-11-10-12-22-46)35-36-55(69(67)75)47-39-49(71(4,5)6)41-50(40-47)72(7,8)9;/h10-42,45H,1-9H3;/q-3;/i4D3,5D3,6D3;. The van der Waals surface area contributed by atoms with Crippen molar-refractivity contribution < 1.29 is 38.1 Å². The number of pyridine rings is 1. The quantitative estimate of drug-likeness (QED) is 0.156. The van der Waals surface area contributed by atoms with Gasteiger partial charge in [-0.3, -0.25) is 0 Å². The van der Waals surface area contributed by atoms with Crippen molar-refractivity contribution >= 4 is 76.5 Å². The molecule has 0 saturated carbocycles. The Morgan fingerprint density at radius 2 is 1.10 bits per heavy atom. The molecule has 0 spiro atoms. The van der Waals surface area contributed by atoms with Crippen molar-refractivity contribution in [3.63, 3.8) is 0 Å². The van der Waals surface area contributed by atoms with E-state index >= 15 is 0 Å². The van der Waals surface area contributed by atoms with Crippen LogP contribution in [0.3, 0.4) is 0 Å². The van der Waals surface area contributed by atoms with E-state index in [1.165, 1.54) is 12.1 Å². The molecule has 4 heterocycles. The summed E-state index contributed by atoms with van der Waals surface area (Å²) in [6, 6.07) is 71.5. The summed E-state index contributed by atoms with van der Waals surface area (Å²) >= 11 is 0. The summed E-state index contributed by atoms with van der Waals surface area (Å²) in [6.07, 6.45) is 1.86. The van der Waals surface area contributed by atoms with Crippen LogP contribution in [0, 0.1) is 18.8 Å². The molecule has 1 aliphatic heterocycles. The molecule has 3 aromatic heterocycles. The van der Waals surface area contributed by atoms with E-state index in [9.17, 15) is 0 Å². The number of anilines is 2. The van der Waals surface area contributed by atoms with Crippen LogP contribution < -0.4 is 9.64 Å². The number of aromatic nitrogens is 3. The van der Waals surface area contributed by atoms with Gasteiger partial charge in [0, 0.05) is 62.3 Å². The summed E-state index contributed by atoms with van der Waals surface area (Å²) in [7, 11) is 0. The monoisotopic (exact) mass is 1200 g/mol. The molecular formula is C72H61N4OPt-3. The molecule has 0 radical (unpaired) electrons. The van der Waals surface area contributed by atoms with Gasteiger partial charge in [-0.05, 0) is 135 Å². The van der Waals surface area contributed by atoms with E-state index in [0.29, 0.717) is 39.4 Å². The van der Waals surface area contributed by atoms with Crippen molar-refractivity contribution in [1.29, 1.82) is 0 Å². The van der Waals surface area contributed by atoms with Crippen LogP contribution in [0.2, 0.25) is 0 Å². The molecule has 0 atom stereocenters. The van der Waals surface area contributed by atoms with Gasteiger partial charge in [0.2, 0.25) is 0 Å². The van der Waals surface area contributed by atoms with E-state index in [4.69, 9.17) is 22.1 Å². The SMILES string of the molecule is [2H]C([2H])([2H])C(c1cc(-c2ccc(-c3ccccc3)c3c4ccccc4c4ccccc4c4cccc5c4n(c23)[CH-]N5c2[c-]c(Oc3[c-]c4c(cc3)c3ccccc3n4-c3cc(C(C)(C)C)ccn3)ccc2)cc(C(C)(C)C)c1)(C([2H])([2H])[2H])C([2H])([2H])[2H].[Pt]. The third-order valence-corrected chi connectivity index (χ3v) is 15.1. The molecule has 0 unspecified atom stereocenters. The molecule has 0 N–H and O–H groups in total. The van der Waals surface area contributed by atoms with E-state index in [0.717, 1.165) is 87.8 Å². The maximum absolute atomic E-state index is 8.91. The van der Waals surface area contributed by atoms with Gasteiger partial charge in [-0.15, -0.1) is 35.7 Å². The van der Waals surface area contributed by atoms with Crippen LogP contribution in [0.1, 0.15) is 91.1 Å². The molecule has 388 valence electrons. The summed E-state index contributed by atoms with van der Waals surface area (Å²) in [5.74, 6) is 1.71. The molecule has 0 bridgehead atoms. The summed E-state index contributed by atoms with van der Waals surface area (Å²) in [5.41, 5.74) is 4.98. The fourth-order valence-electron chi connectivity index (χ4n) is 11.3. The van der Waals surface area contributed by atoms with Crippen LogP contribution in [0.15, 0.2) is 200 Å². The number of para-hydroxylation sites is 2. The normalized spacial score (nSPS) is 14.8. The van der Waals surface area contributed by atoms with Crippen molar-refractivity contribution in [2.45, 2.75) is 78.3 Å². The van der Waals surface area contributed by atoms with Crippen molar-refractivity contribution in [3.05, 3.63) is 236 Å². The van der Waals surface area contributed by atoms with Crippen LogP contribution >= 0.6 is 0 Å². The molecule has 0 amide bonds.